The number of hydrogen-bond donors (Lipinski definition) is 0. The van der Waals surface area contributed by atoms with E-state index in [2.05, 4.69) is 6.92 Å². The van der Waals surface area contributed by atoms with E-state index in [1.54, 1.807) is 30.3 Å². The second-order valence-electron chi connectivity index (χ2n) is 10.1. The third kappa shape index (κ3) is 6.91. The van der Waals surface area contributed by atoms with E-state index in [4.69, 9.17) is 4.74 Å². The van der Waals surface area contributed by atoms with Crippen LogP contribution >= 0.6 is 0 Å². The Labute approximate surface area is 215 Å². The Morgan fingerprint density at radius 2 is 1.46 bits per heavy atom. The van der Waals surface area contributed by atoms with Crippen LogP contribution < -0.4 is 4.74 Å². The standard InChI is InChI=1S/C31H33F5O/c1-2-3-7-21-10-12-22(13-11-21)14-19-26-28(32)20-27(23-8-5-4-6-9-23)30(29(26)33)37-25-17-15-24(16-18-25)31(34,35)36/h4-6,8-9,15-18,20-22H,2-3,7,10-14,19H2,1H3. The average molecular weight is 517 g/mol. The molecule has 0 spiro atoms. The number of ether oxygens (including phenoxy) is 1. The van der Waals surface area contributed by atoms with E-state index in [-0.39, 0.29) is 29.0 Å². The van der Waals surface area contributed by atoms with E-state index >= 15 is 8.78 Å². The van der Waals surface area contributed by atoms with Crippen molar-refractivity contribution in [3.8, 4) is 22.6 Å². The van der Waals surface area contributed by atoms with Crippen LogP contribution in [0.1, 0.15) is 69.4 Å². The van der Waals surface area contributed by atoms with Crippen LogP contribution in [-0.2, 0) is 12.6 Å². The molecular formula is C31H33F5O. The van der Waals surface area contributed by atoms with Gasteiger partial charge in [0.25, 0.3) is 0 Å². The largest absolute Gasteiger partial charge is 0.454 e. The second-order valence-corrected chi connectivity index (χ2v) is 10.1. The first-order chi connectivity index (χ1) is 17.8. The molecular weight excluding hydrogens is 483 g/mol. The van der Waals surface area contributed by atoms with Crippen molar-refractivity contribution in [2.24, 2.45) is 11.8 Å². The Kier molecular flexibility index (Phi) is 8.88. The van der Waals surface area contributed by atoms with Crippen LogP contribution in [-0.4, -0.2) is 0 Å². The van der Waals surface area contributed by atoms with Gasteiger partial charge < -0.3 is 4.74 Å². The lowest BCUT2D eigenvalue weighted by Gasteiger charge is -2.28. The molecule has 0 N–H and O–H groups in total. The van der Waals surface area contributed by atoms with Crippen LogP contribution in [0, 0.1) is 23.5 Å². The molecule has 3 aromatic carbocycles. The molecule has 6 heteroatoms. The van der Waals surface area contributed by atoms with Gasteiger partial charge in [0.15, 0.2) is 11.6 Å². The summed E-state index contributed by atoms with van der Waals surface area (Å²) in [5.41, 5.74) is -0.0858. The summed E-state index contributed by atoms with van der Waals surface area (Å²) in [5, 5.41) is 0. The second kappa shape index (κ2) is 12.1. The number of hydrogen-bond acceptors (Lipinski definition) is 1. The highest BCUT2D eigenvalue weighted by Gasteiger charge is 2.30. The zero-order valence-corrected chi connectivity index (χ0v) is 21.1. The van der Waals surface area contributed by atoms with E-state index in [0.29, 0.717) is 17.9 Å². The third-order valence-corrected chi connectivity index (χ3v) is 7.49. The first-order valence-corrected chi connectivity index (χ1v) is 13.2. The minimum atomic E-state index is -4.49. The van der Waals surface area contributed by atoms with Crippen molar-refractivity contribution >= 4 is 0 Å². The van der Waals surface area contributed by atoms with Crippen LogP contribution in [0.4, 0.5) is 22.0 Å². The minimum absolute atomic E-state index is 0.0327. The van der Waals surface area contributed by atoms with Gasteiger partial charge in [-0.25, -0.2) is 8.78 Å². The maximum Gasteiger partial charge on any atom is 0.416 e. The number of unbranched alkanes of at least 4 members (excludes halogenated alkanes) is 1. The fraction of sp³-hybridized carbons (Fsp3) is 0.419. The molecule has 0 atom stereocenters. The topological polar surface area (TPSA) is 9.23 Å². The molecule has 1 saturated carbocycles. The quantitative estimate of drug-likeness (QED) is 0.257. The highest BCUT2D eigenvalue weighted by Crippen LogP contribution is 2.41. The Balaban J connectivity index is 1.57. The summed E-state index contributed by atoms with van der Waals surface area (Å²) >= 11 is 0. The lowest BCUT2D eigenvalue weighted by atomic mass is 9.78. The number of benzene rings is 3. The molecule has 1 aliphatic rings. The van der Waals surface area contributed by atoms with Crippen molar-refractivity contribution < 1.29 is 26.7 Å². The molecule has 0 heterocycles. The van der Waals surface area contributed by atoms with E-state index in [0.717, 1.165) is 43.0 Å². The van der Waals surface area contributed by atoms with Gasteiger partial charge in [-0.15, -0.1) is 0 Å². The van der Waals surface area contributed by atoms with E-state index in [9.17, 15) is 13.2 Å². The van der Waals surface area contributed by atoms with Gasteiger partial charge in [-0.3, -0.25) is 0 Å². The van der Waals surface area contributed by atoms with Crippen molar-refractivity contribution in [2.75, 3.05) is 0 Å². The molecule has 0 aliphatic heterocycles. The fourth-order valence-electron chi connectivity index (χ4n) is 5.28. The zero-order chi connectivity index (χ0) is 26.4. The lowest BCUT2D eigenvalue weighted by molar-refractivity contribution is -0.137. The van der Waals surface area contributed by atoms with Gasteiger partial charge in [-0.1, -0.05) is 82.2 Å². The van der Waals surface area contributed by atoms with E-state index < -0.39 is 23.4 Å². The van der Waals surface area contributed by atoms with Crippen LogP contribution in [0.3, 0.4) is 0 Å². The molecule has 4 rings (SSSR count). The Hall–Kier alpha value is -2.89. The maximum atomic E-state index is 15.8. The third-order valence-electron chi connectivity index (χ3n) is 7.49. The number of rotatable bonds is 9. The summed E-state index contributed by atoms with van der Waals surface area (Å²) in [6.07, 6.45) is 4.67. The summed E-state index contributed by atoms with van der Waals surface area (Å²) in [6.45, 7) is 2.20. The van der Waals surface area contributed by atoms with Crippen molar-refractivity contribution in [1.29, 1.82) is 0 Å². The van der Waals surface area contributed by atoms with Gasteiger partial charge in [-0.05, 0) is 60.6 Å². The van der Waals surface area contributed by atoms with Crippen molar-refractivity contribution in [2.45, 2.75) is 70.9 Å². The fourth-order valence-corrected chi connectivity index (χ4v) is 5.28. The predicted octanol–water partition coefficient (Wildman–Crippen LogP) is 10.4. The molecule has 1 aliphatic carbocycles. The first kappa shape index (κ1) is 27.2. The van der Waals surface area contributed by atoms with Crippen LogP contribution in [0.15, 0.2) is 60.7 Å². The summed E-state index contributed by atoms with van der Waals surface area (Å²) in [5.74, 6) is -0.357. The van der Waals surface area contributed by atoms with Gasteiger partial charge in [-0.2, -0.15) is 13.2 Å². The Morgan fingerprint density at radius 3 is 2.05 bits per heavy atom. The first-order valence-electron chi connectivity index (χ1n) is 13.2. The highest BCUT2D eigenvalue weighted by atomic mass is 19.4. The molecule has 0 aromatic heterocycles. The molecule has 37 heavy (non-hydrogen) atoms. The van der Waals surface area contributed by atoms with Crippen LogP contribution in [0.2, 0.25) is 0 Å². The minimum Gasteiger partial charge on any atom is -0.454 e. The smallest absolute Gasteiger partial charge is 0.416 e. The molecule has 1 nitrogen and oxygen atoms in total. The predicted molar refractivity (Wildman–Crippen MR) is 137 cm³/mol. The normalized spacial score (nSPS) is 18.1. The van der Waals surface area contributed by atoms with Gasteiger partial charge in [0, 0.05) is 11.1 Å². The van der Waals surface area contributed by atoms with Crippen molar-refractivity contribution in [3.63, 3.8) is 0 Å². The SMILES string of the molecule is CCCCC1CCC(CCc2c(F)cc(-c3ccccc3)c(Oc3ccc(C(F)(F)F)cc3)c2F)CC1. The molecule has 0 radical (unpaired) electrons. The van der Waals surface area contributed by atoms with Gasteiger partial charge in [0.1, 0.15) is 11.6 Å². The van der Waals surface area contributed by atoms with Crippen LogP contribution in [0.5, 0.6) is 11.5 Å². The summed E-state index contributed by atoms with van der Waals surface area (Å²) in [4.78, 5) is 0. The molecule has 0 amide bonds. The molecule has 1 fully saturated rings. The number of halogens is 5. The molecule has 3 aromatic rings. The van der Waals surface area contributed by atoms with Gasteiger partial charge in [0.2, 0.25) is 0 Å². The van der Waals surface area contributed by atoms with Crippen molar-refractivity contribution in [3.05, 3.63) is 83.4 Å². The summed E-state index contributed by atoms with van der Waals surface area (Å²) in [6, 6.07) is 14.1. The molecule has 198 valence electrons. The van der Waals surface area contributed by atoms with Gasteiger partial charge in [0.05, 0.1) is 5.56 Å². The summed E-state index contributed by atoms with van der Waals surface area (Å²) < 4.78 is 75.8. The Bertz CT molecular complexity index is 1150. The molecule has 0 unspecified atom stereocenters. The maximum absolute atomic E-state index is 15.8. The number of alkyl halides is 3. The van der Waals surface area contributed by atoms with Crippen LogP contribution in [0.25, 0.3) is 11.1 Å². The molecule has 0 bridgehead atoms. The average Bonchev–Trinajstić information content (AvgIpc) is 2.90. The monoisotopic (exact) mass is 516 g/mol. The zero-order valence-electron chi connectivity index (χ0n) is 21.1. The van der Waals surface area contributed by atoms with Crippen molar-refractivity contribution in [1.82, 2.24) is 0 Å². The van der Waals surface area contributed by atoms with Gasteiger partial charge >= 0.3 is 6.18 Å². The highest BCUT2D eigenvalue weighted by molar-refractivity contribution is 5.72. The lowest BCUT2D eigenvalue weighted by Crippen LogP contribution is -2.15. The van der Waals surface area contributed by atoms with E-state index in [1.165, 1.54) is 38.2 Å². The summed E-state index contributed by atoms with van der Waals surface area (Å²) in [7, 11) is 0. The molecule has 0 saturated heterocycles. The Morgan fingerprint density at radius 1 is 0.838 bits per heavy atom. The van der Waals surface area contributed by atoms with E-state index in [1.807, 2.05) is 0 Å².